The maximum atomic E-state index is 14.4. The highest BCUT2D eigenvalue weighted by Gasteiger charge is 2.34. The van der Waals surface area contributed by atoms with Crippen molar-refractivity contribution in [2.24, 2.45) is 0 Å². The highest BCUT2D eigenvalue weighted by molar-refractivity contribution is 7.92. The molecule has 1 N–H and O–H groups in total. The Hall–Kier alpha value is -4.14. The van der Waals surface area contributed by atoms with Crippen LogP contribution in [0, 0.1) is 6.92 Å². The lowest BCUT2D eigenvalue weighted by Crippen LogP contribution is -2.53. The second-order valence-corrected chi connectivity index (χ2v) is 12.5. The van der Waals surface area contributed by atoms with E-state index in [-0.39, 0.29) is 29.5 Å². The molecule has 4 aromatic carbocycles. The Morgan fingerprint density at radius 1 is 0.860 bits per heavy atom. The van der Waals surface area contributed by atoms with Gasteiger partial charge in [0.1, 0.15) is 12.6 Å². The molecular formula is C34H36ClN3O4S. The van der Waals surface area contributed by atoms with Crippen LogP contribution in [0.1, 0.15) is 30.0 Å². The molecule has 43 heavy (non-hydrogen) atoms. The molecule has 224 valence electrons. The first-order chi connectivity index (χ1) is 20.7. The molecule has 0 spiro atoms. The van der Waals surface area contributed by atoms with E-state index in [1.165, 1.54) is 23.1 Å². The van der Waals surface area contributed by atoms with Crippen molar-refractivity contribution in [1.82, 2.24) is 10.2 Å². The number of hydrogen-bond donors (Lipinski definition) is 1. The molecule has 7 nitrogen and oxygen atoms in total. The summed E-state index contributed by atoms with van der Waals surface area (Å²) in [6.45, 7) is 3.94. The van der Waals surface area contributed by atoms with E-state index in [9.17, 15) is 18.0 Å². The van der Waals surface area contributed by atoms with Gasteiger partial charge < -0.3 is 10.2 Å². The summed E-state index contributed by atoms with van der Waals surface area (Å²) in [7, 11) is -4.17. The average Bonchev–Trinajstić information content (AvgIpc) is 3.02. The minimum Gasteiger partial charge on any atom is -0.354 e. The predicted molar refractivity (Wildman–Crippen MR) is 171 cm³/mol. The van der Waals surface area contributed by atoms with Gasteiger partial charge in [0, 0.05) is 24.5 Å². The topological polar surface area (TPSA) is 86.8 Å². The van der Waals surface area contributed by atoms with Crippen LogP contribution in [-0.4, -0.2) is 44.3 Å². The number of nitrogens with zero attached hydrogens (tertiary/aromatic N) is 2. The Morgan fingerprint density at radius 2 is 1.51 bits per heavy atom. The minimum atomic E-state index is -4.17. The zero-order valence-electron chi connectivity index (χ0n) is 24.3. The third kappa shape index (κ3) is 8.24. The second-order valence-electron chi connectivity index (χ2n) is 10.2. The number of nitrogens with one attached hydrogen (secondary N) is 1. The van der Waals surface area contributed by atoms with E-state index < -0.39 is 28.5 Å². The second kappa shape index (κ2) is 14.8. The Kier molecular flexibility index (Phi) is 11.0. The smallest absolute Gasteiger partial charge is 0.264 e. The first kappa shape index (κ1) is 31.8. The fraction of sp³-hybridized carbons (Fsp3) is 0.235. The SMILES string of the molecule is CCCNC(=O)[C@@H](Cc1ccccc1)N(Cc1ccccc1C)C(=O)CN(c1cccc(Cl)c1)S(=O)(=O)c1ccccc1. The first-order valence-electron chi connectivity index (χ1n) is 14.2. The van der Waals surface area contributed by atoms with Gasteiger partial charge in [-0.05, 0) is 60.4 Å². The van der Waals surface area contributed by atoms with E-state index in [2.05, 4.69) is 5.32 Å². The van der Waals surface area contributed by atoms with Crippen LogP contribution in [0.25, 0.3) is 0 Å². The summed E-state index contributed by atoms with van der Waals surface area (Å²) < 4.78 is 29.0. The Balaban J connectivity index is 1.80. The van der Waals surface area contributed by atoms with Crippen LogP contribution in [0.5, 0.6) is 0 Å². The summed E-state index contributed by atoms with van der Waals surface area (Å²) in [5.41, 5.74) is 2.94. The van der Waals surface area contributed by atoms with Gasteiger partial charge in [-0.15, -0.1) is 0 Å². The molecule has 4 aromatic rings. The van der Waals surface area contributed by atoms with Crippen molar-refractivity contribution in [1.29, 1.82) is 0 Å². The molecule has 0 saturated carbocycles. The van der Waals surface area contributed by atoms with Gasteiger partial charge in [-0.3, -0.25) is 13.9 Å². The van der Waals surface area contributed by atoms with Gasteiger partial charge >= 0.3 is 0 Å². The fourth-order valence-corrected chi connectivity index (χ4v) is 6.38. The first-order valence-corrected chi connectivity index (χ1v) is 16.0. The number of benzene rings is 4. The molecule has 0 fully saturated rings. The van der Waals surface area contributed by atoms with Gasteiger partial charge in [-0.25, -0.2) is 8.42 Å². The summed E-state index contributed by atoms with van der Waals surface area (Å²) >= 11 is 6.27. The van der Waals surface area contributed by atoms with E-state index in [1.54, 1.807) is 36.4 Å². The molecule has 2 amide bonds. The Labute approximate surface area is 259 Å². The molecule has 0 aliphatic rings. The van der Waals surface area contributed by atoms with Crippen molar-refractivity contribution in [3.05, 3.63) is 131 Å². The number of carbonyl (C=O) groups is 2. The van der Waals surface area contributed by atoms with Gasteiger partial charge in [0.15, 0.2) is 0 Å². The molecule has 4 rings (SSSR count). The summed E-state index contributed by atoms with van der Waals surface area (Å²) in [4.78, 5) is 29.6. The van der Waals surface area contributed by atoms with Crippen LogP contribution in [0.2, 0.25) is 5.02 Å². The third-order valence-electron chi connectivity index (χ3n) is 7.13. The number of rotatable bonds is 13. The van der Waals surface area contributed by atoms with Crippen LogP contribution in [0.3, 0.4) is 0 Å². The van der Waals surface area contributed by atoms with Crippen molar-refractivity contribution in [2.45, 2.75) is 44.2 Å². The summed E-state index contributed by atoms with van der Waals surface area (Å²) in [5.74, 6) is -0.817. The van der Waals surface area contributed by atoms with Crippen molar-refractivity contribution in [3.8, 4) is 0 Å². The predicted octanol–water partition coefficient (Wildman–Crippen LogP) is 6.01. The number of hydrogen-bond acceptors (Lipinski definition) is 4. The van der Waals surface area contributed by atoms with Gasteiger partial charge in [-0.2, -0.15) is 0 Å². The molecule has 0 heterocycles. The van der Waals surface area contributed by atoms with E-state index >= 15 is 0 Å². The highest BCUT2D eigenvalue weighted by Crippen LogP contribution is 2.27. The molecular weight excluding hydrogens is 582 g/mol. The number of carbonyl (C=O) groups excluding carboxylic acids is 2. The fourth-order valence-electron chi connectivity index (χ4n) is 4.77. The quantitative estimate of drug-likeness (QED) is 0.199. The summed E-state index contributed by atoms with van der Waals surface area (Å²) in [6.07, 6.45) is 0.990. The Morgan fingerprint density at radius 3 is 2.16 bits per heavy atom. The van der Waals surface area contributed by atoms with E-state index in [1.807, 2.05) is 68.4 Å². The van der Waals surface area contributed by atoms with Crippen LogP contribution >= 0.6 is 11.6 Å². The van der Waals surface area contributed by atoms with Gasteiger partial charge in [0.25, 0.3) is 10.0 Å². The molecule has 9 heteroatoms. The zero-order chi connectivity index (χ0) is 30.8. The van der Waals surface area contributed by atoms with E-state index in [4.69, 9.17) is 11.6 Å². The molecule has 0 aliphatic carbocycles. The lowest BCUT2D eigenvalue weighted by atomic mass is 10.0. The van der Waals surface area contributed by atoms with Crippen LogP contribution in [-0.2, 0) is 32.6 Å². The van der Waals surface area contributed by atoms with Gasteiger partial charge in [-0.1, -0.05) is 97.4 Å². The maximum Gasteiger partial charge on any atom is 0.264 e. The molecule has 0 aliphatic heterocycles. The van der Waals surface area contributed by atoms with Crippen molar-refractivity contribution >= 4 is 39.1 Å². The Bertz CT molecular complexity index is 1630. The summed E-state index contributed by atoms with van der Waals surface area (Å²) in [6, 6.07) is 30.6. The normalized spacial score (nSPS) is 11.9. The average molecular weight is 618 g/mol. The molecule has 0 saturated heterocycles. The minimum absolute atomic E-state index is 0.0368. The van der Waals surface area contributed by atoms with Crippen molar-refractivity contribution in [3.63, 3.8) is 0 Å². The lowest BCUT2D eigenvalue weighted by molar-refractivity contribution is -0.140. The van der Waals surface area contributed by atoms with Crippen LogP contribution in [0.15, 0.2) is 114 Å². The van der Waals surface area contributed by atoms with Crippen LogP contribution in [0.4, 0.5) is 5.69 Å². The van der Waals surface area contributed by atoms with Crippen molar-refractivity contribution in [2.75, 3.05) is 17.4 Å². The highest BCUT2D eigenvalue weighted by atomic mass is 35.5. The maximum absolute atomic E-state index is 14.4. The molecule has 0 radical (unpaired) electrons. The van der Waals surface area contributed by atoms with Crippen molar-refractivity contribution < 1.29 is 18.0 Å². The number of amides is 2. The molecule has 0 unspecified atom stereocenters. The van der Waals surface area contributed by atoms with E-state index in [0.717, 1.165) is 27.4 Å². The number of aryl methyl sites for hydroxylation is 1. The molecule has 0 aromatic heterocycles. The monoisotopic (exact) mass is 617 g/mol. The molecule has 1 atom stereocenters. The third-order valence-corrected chi connectivity index (χ3v) is 9.15. The standard InChI is InChI=1S/C34H36ClN3O4S/c1-3-21-36-34(40)32(22-27-14-6-4-7-15-27)37(24-28-16-11-10-13-26(28)2)33(39)25-38(30-18-12-17-29(35)23-30)43(41,42)31-19-8-5-9-20-31/h4-20,23,32H,3,21-22,24-25H2,1-2H3,(H,36,40)/t32-/m1/s1. The lowest BCUT2D eigenvalue weighted by Gasteiger charge is -2.34. The largest absolute Gasteiger partial charge is 0.354 e. The molecule has 0 bridgehead atoms. The zero-order valence-corrected chi connectivity index (χ0v) is 25.9. The van der Waals surface area contributed by atoms with Gasteiger partial charge in [0.05, 0.1) is 10.6 Å². The summed E-state index contributed by atoms with van der Waals surface area (Å²) in [5, 5.41) is 3.28. The number of sulfonamides is 1. The number of halogens is 1. The van der Waals surface area contributed by atoms with Crippen LogP contribution < -0.4 is 9.62 Å². The number of anilines is 1. The van der Waals surface area contributed by atoms with E-state index in [0.29, 0.717) is 11.6 Å². The van der Waals surface area contributed by atoms with Gasteiger partial charge in [0.2, 0.25) is 11.8 Å².